The van der Waals surface area contributed by atoms with Gasteiger partial charge in [-0.3, -0.25) is 25.2 Å². The van der Waals surface area contributed by atoms with Crippen molar-refractivity contribution in [2.45, 2.75) is 38.5 Å². The number of nitrogens with one attached hydrogen (secondary N) is 2. The van der Waals surface area contributed by atoms with Crippen LogP contribution >= 0.6 is 0 Å². The summed E-state index contributed by atoms with van der Waals surface area (Å²) >= 11 is 0. The van der Waals surface area contributed by atoms with Crippen molar-refractivity contribution in [2.24, 2.45) is 5.41 Å². The van der Waals surface area contributed by atoms with Crippen molar-refractivity contribution in [1.82, 2.24) is 25.6 Å². The number of anilines is 1. The van der Waals surface area contributed by atoms with Crippen molar-refractivity contribution < 1.29 is 23.9 Å². The first kappa shape index (κ1) is 20.3. The number of barbiturate groups is 1. The molecule has 3 aliphatic rings. The van der Waals surface area contributed by atoms with Gasteiger partial charge in [0.05, 0.1) is 43.4 Å². The molecule has 0 unspecified atom stereocenters. The summed E-state index contributed by atoms with van der Waals surface area (Å²) in [6.07, 6.45) is 4.26. The fourth-order valence-corrected chi connectivity index (χ4v) is 5.03. The minimum absolute atomic E-state index is 0.0643. The molecule has 4 amide bonds. The topological polar surface area (TPSA) is 136 Å². The molecule has 32 heavy (non-hydrogen) atoms. The maximum absolute atomic E-state index is 13.2. The normalized spacial score (nSPS) is 26.2. The van der Waals surface area contributed by atoms with Gasteiger partial charge in [-0.05, 0) is 25.5 Å². The molecule has 1 spiro atoms. The van der Waals surface area contributed by atoms with Gasteiger partial charge in [-0.2, -0.15) is 0 Å². The lowest BCUT2D eigenvalue weighted by Crippen LogP contribution is -2.75. The Kier molecular flexibility index (Phi) is 4.59. The van der Waals surface area contributed by atoms with Crippen LogP contribution in [-0.4, -0.2) is 64.7 Å². The standard InChI is InChI=1S/C21H22N6O5/c1-10-9-27-16(11(2)32-10)21(18(28)25-20(30)26-19(21)29)5-12-4-13(6-23-17(12)27)14-7-22-8-15(24-14)31-3/h4,6-8,10-11,16H,5,9H2,1-3H3,(H2,25,26,28,29,30)/t10-,11+,16-/m1/s1. The van der Waals surface area contributed by atoms with E-state index in [1.54, 1.807) is 12.4 Å². The molecule has 5 rings (SSSR count). The zero-order valence-electron chi connectivity index (χ0n) is 17.8. The van der Waals surface area contributed by atoms with Crippen molar-refractivity contribution in [3.63, 3.8) is 0 Å². The summed E-state index contributed by atoms with van der Waals surface area (Å²) in [5.41, 5.74) is 0.378. The highest BCUT2D eigenvalue weighted by Crippen LogP contribution is 2.46. The number of carbonyl (C=O) groups is 3. The summed E-state index contributed by atoms with van der Waals surface area (Å²) in [4.78, 5) is 53.3. The van der Waals surface area contributed by atoms with Crippen molar-refractivity contribution in [3.8, 4) is 17.1 Å². The molecule has 0 saturated carbocycles. The van der Waals surface area contributed by atoms with Crippen molar-refractivity contribution >= 4 is 23.7 Å². The second-order valence-electron chi connectivity index (χ2n) is 8.29. The summed E-state index contributed by atoms with van der Waals surface area (Å²) in [6, 6.07) is 0.416. The van der Waals surface area contributed by atoms with E-state index in [0.717, 1.165) is 0 Å². The number of methoxy groups -OCH3 is 1. The number of hydrogen-bond acceptors (Lipinski definition) is 9. The molecular weight excluding hydrogens is 416 g/mol. The fourth-order valence-electron chi connectivity index (χ4n) is 5.03. The molecule has 166 valence electrons. The zero-order chi connectivity index (χ0) is 22.6. The maximum atomic E-state index is 13.2. The second kappa shape index (κ2) is 7.23. The van der Waals surface area contributed by atoms with Crippen molar-refractivity contribution in [3.05, 3.63) is 30.2 Å². The van der Waals surface area contributed by atoms with Crippen LogP contribution in [0.2, 0.25) is 0 Å². The molecule has 2 aromatic rings. The third-order valence-electron chi connectivity index (χ3n) is 6.25. The van der Waals surface area contributed by atoms with E-state index >= 15 is 0 Å². The van der Waals surface area contributed by atoms with Gasteiger partial charge in [-0.15, -0.1) is 0 Å². The molecule has 0 aliphatic carbocycles. The van der Waals surface area contributed by atoms with E-state index in [-0.39, 0.29) is 12.5 Å². The van der Waals surface area contributed by atoms with E-state index in [1.807, 2.05) is 24.8 Å². The third-order valence-corrected chi connectivity index (χ3v) is 6.25. The Morgan fingerprint density at radius 2 is 1.91 bits per heavy atom. The Morgan fingerprint density at radius 1 is 1.16 bits per heavy atom. The molecule has 0 aromatic carbocycles. The van der Waals surface area contributed by atoms with Gasteiger partial charge in [-0.1, -0.05) is 0 Å². The number of urea groups is 1. The van der Waals surface area contributed by atoms with Crippen LogP contribution < -0.4 is 20.3 Å². The number of nitrogens with zero attached hydrogens (tertiary/aromatic N) is 4. The van der Waals surface area contributed by atoms with Crippen LogP contribution in [0.5, 0.6) is 5.88 Å². The van der Waals surface area contributed by atoms with E-state index in [2.05, 4.69) is 25.6 Å². The number of carbonyl (C=O) groups excluding carboxylic acids is 3. The fraction of sp³-hybridized carbons (Fsp3) is 0.429. The summed E-state index contributed by atoms with van der Waals surface area (Å²) in [5.74, 6) is -0.233. The van der Waals surface area contributed by atoms with Crippen LogP contribution in [-0.2, 0) is 20.7 Å². The summed E-state index contributed by atoms with van der Waals surface area (Å²) in [7, 11) is 1.51. The molecule has 11 heteroatoms. The quantitative estimate of drug-likeness (QED) is 0.640. The number of imide groups is 2. The maximum Gasteiger partial charge on any atom is 0.328 e. The lowest BCUT2D eigenvalue weighted by Gasteiger charge is -2.54. The smallest absolute Gasteiger partial charge is 0.328 e. The number of rotatable bonds is 2. The Balaban J connectivity index is 1.66. The molecule has 3 atom stereocenters. The van der Waals surface area contributed by atoms with E-state index in [4.69, 9.17) is 9.47 Å². The van der Waals surface area contributed by atoms with Gasteiger partial charge in [0.1, 0.15) is 5.82 Å². The highest BCUT2D eigenvalue weighted by Gasteiger charge is 2.63. The summed E-state index contributed by atoms with van der Waals surface area (Å²) in [6.45, 7) is 4.21. The third kappa shape index (κ3) is 2.92. The van der Waals surface area contributed by atoms with Crippen LogP contribution in [0.3, 0.4) is 0 Å². The monoisotopic (exact) mass is 438 g/mol. The molecule has 2 N–H and O–H groups in total. The zero-order valence-corrected chi connectivity index (χ0v) is 17.8. The first-order valence-electron chi connectivity index (χ1n) is 10.3. The summed E-state index contributed by atoms with van der Waals surface area (Å²) in [5, 5.41) is 4.55. The Hall–Kier alpha value is -3.60. The lowest BCUT2D eigenvalue weighted by atomic mass is 9.67. The highest BCUT2D eigenvalue weighted by atomic mass is 16.5. The average Bonchev–Trinajstić information content (AvgIpc) is 2.76. The average molecular weight is 438 g/mol. The summed E-state index contributed by atoms with van der Waals surface area (Å²) < 4.78 is 11.2. The van der Waals surface area contributed by atoms with Gasteiger partial charge in [0.25, 0.3) is 0 Å². The minimum Gasteiger partial charge on any atom is -0.480 e. The largest absolute Gasteiger partial charge is 0.480 e. The predicted octanol–water partition coefficient (Wildman–Crippen LogP) is 0.438. The van der Waals surface area contributed by atoms with Crippen LogP contribution in [0.4, 0.5) is 10.6 Å². The van der Waals surface area contributed by atoms with Gasteiger partial charge in [0.15, 0.2) is 5.41 Å². The van der Waals surface area contributed by atoms with E-state index in [9.17, 15) is 14.4 Å². The number of ether oxygens (including phenoxy) is 2. The number of aromatic nitrogens is 3. The van der Waals surface area contributed by atoms with Gasteiger partial charge in [0.2, 0.25) is 17.7 Å². The highest BCUT2D eigenvalue weighted by molar-refractivity contribution is 6.20. The molecular formula is C21H22N6O5. The molecule has 11 nitrogen and oxygen atoms in total. The number of morpholine rings is 1. The molecule has 2 aromatic heterocycles. The van der Waals surface area contributed by atoms with Gasteiger partial charge in [0, 0.05) is 24.7 Å². The number of amides is 4. The number of hydrogen-bond donors (Lipinski definition) is 2. The second-order valence-corrected chi connectivity index (χ2v) is 8.29. The van der Waals surface area contributed by atoms with E-state index in [0.29, 0.717) is 35.1 Å². The molecule has 0 bridgehead atoms. The first-order valence-corrected chi connectivity index (χ1v) is 10.3. The van der Waals surface area contributed by atoms with Gasteiger partial charge >= 0.3 is 6.03 Å². The van der Waals surface area contributed by atoms with Crippen LogP contribution in [0.1, 0.15) is 19.4 Å². The van der Waals surface area contributed by atoms with Gasteiger partial charge in [-0.25, -0.2) is 14.8 Å². The first-order chi connectivity index (χ1) is 15.3. The lowest BCUT2D eigenvalue weighted by molar-refractivity contribution is -0.153. The van der Waals surface area contributed by atoms with E-state index < -0.39 is 35.4 Å². The van der Waals surface area contributed by atoms with Crippen LogP contribution in [0.25, 0.3) is 11.3 Å². The van der Waals surface area contributed by atoms with E-state index in [1.165, 1.54) is 13.3 Å². The number of pyridine rings is 1. The molecule has 0 radical (unpaired) electrons. The SMILES string of the molecule is COc1cncc(-c2cnc3c(c2)CC2(C(=O)NC(=O)NC2=O)[C@H]2[C@H](C)O[C@H](C)CN32)n1. The van der Waals surface area contributed by atoms with Crippen LogP contribution in [0.15, 0.2) is 24.7 Å². The molecule has 2 fully saturated rings. The van der Waals surface area contributed by atoms with Crippen molar-refractivity contribution in [2.75, 3.05) is 18.6 Å². The van der Waals surface area contributed by atoms with Crippen LogP contribution in [0, 0.1) is 5.41 Å². The Morgan fingerprint density at radius 3 is 2.62 bits per heavy atom. The molecule has 2 saturated heterocycles. The molecule has 5 heterocycles. The van der Waals surface area contributed by atoms with Gasteiger partial charge < -0.3 is 14.4 Å². The Bertz CT molecular complexity index is 1120. The molecule has 3 aliphatic heterocycles. The van der Waals surface area contributed by atoms with Crippen molar-refractivity contribution in [1.29, 1.82) is 0 Å². The Labute approximate surface area is 183 Å². The minimum atomic E-state index is -1.54. The predicted molar refractivity (Wildman–Crippen MR) is 111 cm³/mol. The number of fused-ring (bicyclic) bond motifs is 4.